The van der Waals surface area contributed by atoms with Crippen molar-refractivity contribution in [2.24, 2.45) is 0 Å². The number of hydrogen-bond acceptors (Lipinski definition) is 5. The summed E-state index contributed by atoms with van der Waals surface area (Å²) in [5, 5.41) is 18.1. The predicted octanol–water partition coefficient (Wildman–Crippen LogP) is 0.878. The van der Waals surface area contributed by atoms with E-state index in [0.717, 1.165) is 43.1 Å². The van der Waals surface area contributed by atoms with E-state index in [0.29, 0.717) is 0 Å². The highest BCUT2D eigenvalue weighted by Gasteiger charge is 2.41. The number of aromatic amines is 1. The second kappa shape index (κ2) is 4.97. The van der Waals surface area contributed by atoms with Gasteiger partial charge in [-0.3, -0.25) is 0 Å². The van der Waals surface area contributed by atoms with E-state index < -0.39 is 0 Å². The molecule has 100 valence electrons. The molecule has 0 saturated carbocycles. The molecule has 0 radical (unpaired) electrons. The van der Waals surface area contributed by atoms with Crippen LogP contribution >= 0.6 is 0 Å². The van der Waals surface area contributed by atoms with E-state index in [1.165, 1.54) is 0 Å². The third-order valence-electron chi connectivity index (χ3n) is 3.85. The molecule has 1 aromatic carbocycles. The number of piperidine rings is 1. The first kappa shape index (κ1) is 12.1. The van der Waals surface area contributed by atoms with Crippen molar-refractivity contribution in [3.63, 3.8) is 0 Å². The third kappa shape index (κ3) is 1.98. The van der Waals surface area contributed by atoms with Crippen LogP contribution in [-0.2, 0) is 5.41 Å². The molecule has 1 aromatic heterocycles. The number of aromatic nitrogens is 4. The summed E-state index contributed by atoms with van der Waals surface area (Å²) in [4.78, 5) is 0. The lowest BCUT2D eigenvalue weighted by molar-refractivity contribution is 0.326. The number of nitrogens with zero attached hydrogens (tertiary/aromatic N) is 3. The fraction of sp³-hybridized carbons (Fsp3) is 0.462. The van der Waals surface area contributed by atoms with Crippen molar-refractivity contribution in [1.82, 2.24) is 25.9 Å². The van der Waals surface area contributed by atoms with Gasteiger partial charge < -0.3 is 10.1 Å². The highest BCUT2D eigenvalue weighted by atomic mass is 16.5. The number of para-hydroxylation sites is 1. The SMILES string of the molecule is COc1ccccc1C1(c2nn[nH]n2)CCNCC1. The molecule has 3 rings (SSSR count). The fourth-order valence-electron chi connectivity index (χ4n) is 2.87. The highest BCUT2D eigenvalue weighted by molar-refractivity contribution is 5.44. The molecule has 2 aromatic rings. The van der Waals surface area contributed by atoms with Crippen LogP contribution < -0.4 is 10.1 Å². The lowest BCUT2D eigenvalue weighted by Crippen LogP contribution is -2.41. The van der Waals surface area contributed by atoms with E-state index in [2.05, 4.69) is 32.0 Å². The van der Waals surface area contributed by atoms with Gasteiger partial charge in [-0.1, -0.05) is 23.4 Å². The average molecular weight is 259 g/mol. The largest absolute Gasteiger partial charge is 0.496 e. The number of H-pyrrole nitrogens is 1. The summed E-state index contributed by atoms with van der Waals surface area (Å²) in [6, 6.07) is 8.09. The zero-order valence-corrected chi connectivity index (χ0v) is 10.9. The standard InChI is InChI=1S/C13H17N5O/c1-19-11-5-3-2-4-10(11)13(6-8-14-9-7-13)12-15-17-18-16-12/h2-5,14H,6-9H2,1H3,(H,15,16,17,18). The van der Waals surface area contributed by atoms with E-state index in [1.807, 2.05) is 18.2 Å². The summed E-state index contributed by atoms with van der Waals surface area (Å²) < 4.78 is 5.52. The molecule has 0 amide bonds. The Kier molecular flexibility index (Phi) is 3.16. The van der Waals surface area contributed by atoms with Crippen LogP contribution in [0.2, 0.25) is 0 Å². The molecule has 6 heteroatoms. The molecule has 1 aliphatic heterocycles. The van der Waals surface area contributed by atoms with E-state index in [9.17, 15) is 0 Å². The maximum Gasteiger partial charge on any atom is 0.185 e. The van der Waals surface area contributed by atoms with Crippen molar-refractivity contribution in [1.29, 1.82) is 0 Å². The highest BCUT2D eigenvalue weighted by Crippen LogP contribution is 2.42. The van der Waals surface area contributed by atoms with Crippen LogP contribution in [0.25, 0.3) is 0 Å². The van der Waals surface area contributed by atoms with Gasteiger partial charge in [0, 0.05) is 5.56 Å². The number of benzene rings is 1. The van der Waals surface area contributed by atoms with Crippen molar-refractivity contribution in [2.75, 3.05) is 20.2 Å². The maximum absolute atomic E-state index is 5.52. The van der Waals surface area contributed by atoms with Crippen LogP contribution in [0, 0.1) is 0 Å². The van der Waals surface area contributed by atoms with Gasteiger partial charge in [-0.05, 0) is 32.0 Å². The number of nitrogens with one attached hydrogen (secondary N) is 2. The predicted molar refractivity (Wildman–Crippen MR) is 70.1 cm³/mol. The smallest absolute Gasteiger partial charge is 0.185 e. The monoisotopic (exact) mass is 259 g/mol. The van der Waals surface area contributed by atoms with Gasteiger partial charge in [0.05, 0.1) is 12.5 Å². The number of rotatable bonds is 3. The van der Waals surface area contributed by atoms with Crippen LogP contribution in [-0.4, -0.2) is 40.8 Å². The van der Waals surface area contributed by atoms with Gasteiger partial charge >= 0.3 is 0 Å². The van der Waals surface area contributed by atoms with Gasteiger partial charge in [0.15, 0.2) is 5.82 Å². The quantitative estimate of drug-likeness (QED) is 0.855. The first-order valence-electron chi connectivity index (χ1n) is 6.45. The van der Waals surface area contributed by atoms with Gasteiger partial charge in [0.1, 0.15) is 5.75 Å². The van der Waals surface area contributed by atoms with E-state index in [4.69, 9.17) is 4.74 Å². The normalized spacial score (nSPS) is 18.2. The zero-order valence-electron chi connectivity index (χ0n) is 10.9. The van der Waals surface area contributed by atoms with Gasteiger partial charge in [-0.15, -0.1) is 10.2 Å². The summed E-state index contributed by atoms with van der Waals surface area (Å²) >= 11 is 0. The molecule has 1 saturated heterocycles. The molecule has 0 spiro atoms. The van der Waals surface area contributed by atoms with Crippen LogP contribution in [0.4, 0.5) is 0 Å². The zero-order chi connectivity index (χ0) is 13.1. The summed E-state index contributed by atoms with van der Waals surface area (Å²) in [6.45, 7) is 1.87. The molecule has 0 atom stereocenters. The summed E-state index contributed by atoms with van der Waals surface area (Å²) in [6.07, 6.45) is 1.87. The molecular formula is C13H17N5O. The van der Waals surface area contributed by atoms with Crippen LogP contribution in [0.15, 0.2) is 24.3 Å². The Hall–Kier alpha value is -1.95. The topological polar surface area (TPSA) is 75.7 Å². The minimum absolute atomic E-state index is 0.217. The van der Waals surface area contributed by atoms with Crippen molar-refractivity contribution in [3.8, 4) is 5.75 Å². The Morgan fingerprint density at radius 1 is 1.21 bits per heavy atom. The second-order valence-corrected chi connectivity index (χ2v) is 4.77. The minimum Gasteiger partial charge on any atom is -0.496 e. The third-order valence-corrected chi connectivity index (χ3v) is 3.85. The number of hydrogen-bond donors (Lipinski definition) is 2. The molecule has 2 N–H and O–H groups in total. The van der Waals surface area contributed by atoms with Crippen molar-refractivity contribution < 1.29 is 4.74 Å². The van der Waals surface area contributed by atoms with Crippen LogP contribution in [0.1, 0.15) is 24.2 Å². The number of tetrazole rings is 1. The average Bonchev–Trinajstić information content (AvgIpc) is 3.03. The molecule has 19 heavy (non-hydrogen) atoms. The fourth-order valence-corrected chi connectivity index (χ4v) is 2.87. The van der Waals surface area contributed by atoms with Gasteiger partial charge in [0.25, 0.3) is 0 Å². The Morgan fingerprint density at radius 2 is 2.00 bits per heavy atom. The Morgan fingerprint density at radius 3 is 2.68 bits per heavy atom. The Balaban J connectivity index is 2.14. The number of ether oxygens (including phenoxy) is 1. The van der Waals surface area contributed by atoms with Crippen molar-refractivity contribution in [2.45, 2.75) is 18.3 Å². The van der Waals surface area contributed by atoms with E-state index in [-0.39, 0.29) is 5.41 Å². The molecular weight excluding hydrogens is 242 g/mol. The van der Waals surface area contributed by atoms with Gasteiger partial charge in [0.2, 0.25) is 0 Å². The maximum atomic E-state index is 5.52. The molecule has 2 heterocycles. The van der Waals surface area contributed by atoms with E-state index >= 15 is 0 Å². The molecule has 1 fully saturated rings. The van der Waals surface area contributed by atoms with Crippen LogP contribution in [0.3, 0.4) is 0 Å². The van der Waals surface area contributed by atoms with Gasteiger partial charge in [-0.25, -0.2) is 0 Å². The lowest BCUT2D eigenvalue weighted by Gasteiger charge is -2.36. The van der Waals surface area contributed by atoms with Gasteiger partial charge in [-0.2, -0.15) is 5.21 Å². The van der Waals surface area contributed by atoms with Crippen LogP contribution in [0.5, 0.6) is 5.75 Å². The van der Waals surface area contributed by atoms with Crippen molar-refractivity contribution >= 4 is 0 Å². The summed E-state index contributed by atoms with van der Waals surface area (Å²) in [5.74, 6) is 1.63. The Bertz CT molecular complexity index is 534. The number of methoxy groups -OCH3 is 1. The molecule has 1 aliphatic rings. The van der Waals surface area contributed by atoms with E-state index in [1.54, 1.807) is 7.11 Å². The molecule has 0 unspecified atom stereocenters. The summed E-state index contributed by atoms with van der Waals surface area (Å²) in [5.41, 5.74) is 0.922. The summed E-state index contributed by atoms with van der Waals surface area (Å²) in [7, 11) is 1.70. The molecule has 0 aliphatic carbocycles. The molecule has 0 bridgehead atoms. The molecule has 6 nitrogen and oxygen atoms in total. The first-order valence-corrected chi connectivity index (χ1v) is 6.45. The van der Waals surface area contributed by atoms with Crippen molar-refractivity contribution in [3.05, 3.63) is 35.7 Å². The minimum atomic E-state index is -0.217. The first-order chi connectivity index (χ1) is 9.37. The second-order valence-electron chi connectivity index (χ2n) is 4.77. The lowest BCUT2D eigenvalue weighted by atomic mass is 9.72. The Labute approximate surface area is 111 Å².